The fourth-order valence-electron chi connectivity index (χ4n) is 4.70. The maximum absolute atomic E-state index is 12.3. The number of aryl methyl sites for hydroxylation is 1. The zero-order valence-electron chi connectivity index (χ0n) is 12.3. The largest absolute Gasteiger partial charge is 0.276 e. The lowest BCUT2D eigenvalue weighted by atomic mass is 9.99. The van der Waals surface area contributed by atoms with Gasteiger partial charge in [0.2, 0.25) is 0 Å². The second-order valence-corrected chi connectivity index (χ2v) is 8.76. The van der Waals surface area contributed by atoms with Gasteiger partial charge in [-0.2, -0.15) is 13.5 Å². The number of hydrogen-bond acceptors (Lipinski definition) is 3. The lowest BCUT2D eigenvalue weighted by Gasteiger charge is -2.11. The smallest absolute Gasteiger partial charge is 0.200 e. The van der Waals surface area contributed by atoms with E-state index in [0.29, 0.717) is 17.8 Å². The SMILES string of the molecule is Cc1ccc(S(=O)(=O)N/N=C2\CC3C4C=CC5C2C5C43)cc1. The highest BCUT2D eigenvalue weighted by Gasteiger charge is 2.71. The van der Waals surface area contributed by atoms with E-state index in [1.165, 1.54) is 0 Å². The average molecular weight is 314 g/mol. The molecule has 6 unspecified atom stereocenters. The van der Waals surface area contributed by atoms with Gasteiger partial charge in [0.1, 0.15) is 0 Å². The van der Waals surface area contributed by atoms with E-state index in [9.17, 15) is 8.42 Å². The van der Waals surface area contributed by atoms with Crippen molar-refractivity contribution in [3.8, 4) is 0 Å². The van der Waals surface area contributed by atoms with Crippen LogP contribution in [0.2, 0.25) is 0 Å². The van der Waals surface area contributed by atoms with Gasteiger partial charge in [-0.05, 0) is 55.1 Å². The van der Waals surface area contributed by atoms with Gasteiger partial charge in [0.15, 0.2) is 0 Å². The molecule has 0 saturated heterocycles. The Balaban J connectivity index is 1.39. The van der Waals surface area contributed by atoms with Crippen molar-refractivity contribution in [3.63, 3.8) is 0 Å². The second kappa shape index (κ2) is 4.02. The Kier molecular flexibility index (Phi) is 2.35. The molecule has 4 aliphatic rings. The molecule has 1 aromatic carbocycles. The molecule has 1 N–H and O–H groups in total. The number of fused-ring (bicyclic) bond motifs is 2. The molecule has 22 heavy (non-hydrogen) atoms. The average Bonchev–Trinajstić information content (AvgIpc) is 3.36. The first-order valence-electron chi connectivity index (χ1n) is 7.89. The van der Waals surface area contributed by atoms with Crippen LogP contribution in [-0.2, 0) is 10.0 Å². The Hall–Kier alpha value is -1.62. The third kappa shape index (κ3) is 1.69. The van der Waals surface area contributed by atoms with E-state index in [4.69, 9.17) is 0 Å². The maximum atomic E-state index is 12.3. The van der Waals surface area contributed by atoms with Crippen molar-refractivity contribution in [1.29, 1.82) is 0 Å². The standard InChI is InChI=1S/C17H18N2O2S/c1-9-2-4-10(5-3-9)22(20,21)19-18-14-8-13-11-6-7-12-16(14)17(12)15(11)13/h2-7,11-13,15-17,19H,8H2,1H3/b18-14+. The van der Waals surface area contributed by atoms with E-state index in [0.717, 1.165) is 35.4 Å². The zero-order chi connectivity index (χ0) is 15.1. The molecular weight excluding hydrogens is 296 g/mol. The molecule has 0 bridgehead atoms. The summed E-state index contributed by atoms with van der Waals surface area (Å²) in [5, 5.41) is 4.32. The lowest BCUT2D eigenvalue weighted by Crippen LogP contribution is -2.22. The molecular formula is C17H18N2O2S. The first-order valence-corrected chi connectivity index (χ1v) is 9.38. The third-order valence-electron chi connectivity index (χ3n) is 5.90. The first kappa shape index (κ1) is 12.9. The minimum atomic E-state index is -3.55. The molecule has 0 aromatic heterocycles. The molecule has 3 saturated carbocycles. The minimum absolute atomic E-state index is 0.274. The zero-order valence-corrected chi connectivity index (χ0v) is 13.1. The van der Waals surface area contributed by atoms with Crippen molar-refractivity contribution in [3.05, 3.63) is 42.0 Å². The molecule has 0 radical (unpaired) electrons. The summed E-state index contributed by atoms with van der Waals surface area (Å²) in [5.41, 5.74) is 2.11. The van der Waals surface area contributed by atoms with Crippen LogP contribution < -0.4 is 4.83 Å². The topological polar surface area (TPSA) is 58.5 Å². The second-order valence-electron chi connectivity index (χ2n) is 7.10. The minimum Gasteiger partial charge on any atom is -0.200 e. The van der Waals surface area contributed by atoms with Gasteiger partial charge in [-0.3, -0.25) is 0 Å². The summed E-state index contributed by atoms with van der Waals surface area (Å²) < 4.78 is 24.7. The van der Waals surface area contributed by atoms with E-state index >= 15 is 0 Å². The van der Waals surface area contributed by atoms with Crippen molar-refractivity contribution in [2.45, 2.75) is 18.2 Å². The number of benzene rings is 1. The Morgan fingerprint density at radius 3 is 2.59 bits per heavy atom. The van der Waals surface area contributed by atoms with Crippen LogP contribution in [0, 0.1) is 42.4 Å². The van der Waals surface area contributed by atoms with Gasteiger partial charge < -0.3 is 0 Å². The van der Waals surface area contributed by atoms with Crippen molar-refractivity contribution < 1.29 is 8.42 Å². The lowest BCUT2D eigenvalue weighted by molar-refractivity contribution is 0.566. The van der Waals surface area contributed by atoms with E-state index in [1.807, 2.05) is 6.92 Å². The van der Waals surface area contributed by atoms with Gasteiger partial charge in [0.25, 0.3) is 10.0 Å². The van der Waals surface area contributed by atoms with Crippen LogP contribution >= 0.6 is 0 Å². The highest BCUT2D eigenvalue weighted by atomic mass is 32.2. The number of rotatable bonds is 3. The molecule has 6 atom stereocenters. The fraction of sp³-hybridized carbons (Fsp3) is 0.471. The first-order chi connectivity index (χ1) is 10.6. The van der Waals surface area contributed by atoms with Crippen molar-refractivity contribution in [2.24, 2.45) is 40.6 Å². The summed E-state index contributed by atoms with van der Waals surface area (Å²) in [6.45, 7) is 1.94. The van der Waals surface area contributed by atoms with E-state index in [2.05, 4.69) is 22.1 Å². The normalized spacial score (nSPS) is 42.0. The van der Waals surface area contributed by atoms with E-state index in [-0.39, 0.29) is 4.90 Å². The van der Waals surface area contributed by atoms with Crippen LogP contribution in [0.4, 0.5) is 0 Å². The van der Waals surface area contributed by atoms with Crippen LogP contribution in [0.5, 0.6) is 0 Å². The maximum Gasteiger partial charge on any atom is 0.276 e. The molecule has 1 aromatic rings. The van der Waals surface area contributed by atoms with Crippen LogP contribution in [0.1, 0.15) is 12.0 Å². The van der Waals surface area contributed by atoms with Gasteiger partial charge in [-0.15, -0.1) is 0 Å². The Bertz CT molecular complexity index is 810. The molecule has 5 heteroatoms. The summed E-state index contributed by atoms with van der Waals surface area (Å²) in [7, 11) is -3.55. The number of nitrogens with one attached hydrogen (secondary N) is 1. The molecule has 4 aliphatic carbocycles. The number of sulfonamides is 1. The van der Waals surface area contributed by atoms with Crippen molar-refractivity contribution in [2.75, 3.05) is 0 Å². The summed E-state index contributed by atoms with van der Waals surface area (Å²) in [4.78, 5) is 2.73. The van der Waals surface area contributed by atoms with E-state index in [1.54, 1.807) is 24.3 Å². The highest BCUT2D eigenvalue weighted by molar-refractivity contribution is 7.89. The van der Waals surface area contributed by atoms with Gasteiger partial charge in [0.05, 0.1) is 4.90 Å². The highest BCUT2D eigenvalue weighted by Crippen LogP contribution is 2.73. The quantitative estimate of drug-likeness (QED) is 0.687. The predicted molar refractivity (Wildman–Crippen MR) is 83.6 cm³/mol. The van der Waals surface area contributed by atoms with Crippen LogP contribution in [0.25, 0.3) is 0 Å². The summed E-state index contributed by atoms with van der Waals surface area (Å²) >= 11 is 0. The van der Waals surface area contributed by atoms with Gasteiger partial charge in [-0.25, -0.2) is 4.83 Å². The number of hydrogen-bond donors (Lipinski definition) is 1. The summed E-state index contributed by atoms with van der Waals surface area (Å²) in [6, 6.07) is 6.86. The van der Waals surface area contributed by atoms with Gasteiger partial charge >= 0.3 is 0 Å². The van der Waals surface area contributed by atoms with Crippen LogP contribution in [0.3, 0.4) is 0 Å². The number of nitrogens with zero attached hydrogens (tertiary/aromatic N) is 1. The monoisotopic (exact) mass is 314 g/mol. The fourth-order valence-corrected chi connectivity index (χ4v) is 5.54. The molecule has 5 rings (SSSR count). The number of hydrazone groups is 1. The van der Waals surface area contributed by atoms with Crippen LogP contribution in [-0.4, -0.2) is 14.1 Å². The van der Waals surface area contributed by atoms with E-state index < -0.39 is 10.0 Å². The van der Waals surface area contributed by atoms with Crippen molar-refractivity contribution in [1.82, 2.24) is 4.83 Å². The summed E-state index contributed by atoms with van der Waals surface area (Å²) in [6.07, 6.45) is 5.68. The molecule has 114 valence electrons. The third-order valence-corrected chi connectivity index (χ3v) is 7.12. The molecule has 4 nitrogen and oxygen atoms in total. The molecule has 0 spiro atoms. The Labute approximate surface area is 130 Å². The molecule has 0 heterocycles. The number of allylic oxidation sites excluding steroid dienone is 2. The molecule has 0 amide bonds. The Morgan fingerprint density at radius 1 is 1.09 bits per heavy atom. The van der Waals surface area contributed by atoms with Gasteiger partial charge in [0, 0.05) is 11.6 Å². The Morgan fingerprint density at radius 2 is 1.82 bits per heavy atom. The van der Waals surface area contributed by atoms with Crippen LogP contribution in [0.15, 0.2) is 46.4 Å². The molecule has 0 aliphatic heterocycles. The summed E-state index contributed by atoms with van der Waals surface area (Å²) in [5.74, 6) is 4.19. The van der Waals surface area contributed by atoms with Crippen molar-refractivity contribution >= 4 is 15.7 Å². The van der Waals surface area contributed by atoms with Gasteiger partial charge in [-0.1, -0.05) is 29.8 Å². The molecule has 3 fully saturated rings. The predicted octanol–water partition coefficient (Wildman–Crippen LogP) is 2.33.